The fraction of sp³-hybridized carbons (Fsp3) is 0.400. The number of anilines is 2. The SMILES string of the molecule is CC[C@@H](C)c1ccccc1NC(=O)[C@H](C)Sc1n[nH]c(N)n1. The Morgan fingerprint density at radius 3 is 2.77 bits per heavy atom. The lowest BCUT2D eigenvalue weighted by Crippen LogP contribution is -2.23. The number of aromatic amines is 1. The number of rotatable bonds is 6. The van der Waals surface area contributed by atoms with Crippen LogP contribution in [-0.2, 0) is 4.79 Å². The zero-order valence-corrected chi connectivity index (χ0v) is 13.8. The van der Waals surface area contributed by atoms with E-state index in [1.807, 2.05) is 25.1 Å². The lowest BCUT2D eigenvalue weighted by molar-refractivity contribution is -0.115. The van der Waals surface area contributed by atoms with Crippen LogP contribution in [0.4, 0.5) is 11.6 Å². The summed E-state index contributed by atoms with van der Waals surface area (Å²) in [5.74, 6) is 0.564. The largest absolute Gasteiger partial charge is 0.368 e. The Kier molecular flexibility index (Phi) is 5.43. The normalized spacial score (nSPS) is 13.6. The summed E-state index contributed by atoms with van der Waals surface area (Å²) in [5.41, 5.74) is 7.49. The number of para-hydroxylation sites is 1. The zero-order valence-electron chi connectivity index (χ0n) is 13.0. The molecule has 0 aliphatic heterocycles. The summed E-state index contributed by atoms with van der Waals surface area (Å²) in [4.78, 5) is 16.4. The molecule has 2 atom stereocenters. The Hall–Kier alpha value is -2.02. The first-order chi connectivity index (χ1) is 10.5. The van der Waals surface area contributed by atoms with Crippen LogP contribution in [0.25, 0.3) is 0 Å². The lowest BCUT2D eigenvalue weighted by Gasteiger charge is -2.17. The molecule has 0 unspecified atom stereocenters. The van der Waals surface area contributed by atoms with Crippen molar-refractivity contribution in [3.8, 4) is 0 Å². The summed E-state index contributed by atoms with van der Waals surface area (Å²) in [6.07, 6.45) is 1.02. The van der Waals surface area contributed by atoms with Crippen LogP contribution >= 0.6 is 11.8 Å². The number of amides is 1. The molecule has 1 aromatic carbocycles. The van der Waals surface area contributed by atoms with Gasteiger partial charge in [0, 0.05) is 5.69 Å². The first-order valence-corrected chi connectivity index (χ1v) is 8.13. The predicted molar refractivity (Wildman–Crippen MR) is 89.9 cm³/mol. The van der Waals surface area contributed by atoms with Crippen LogP contribution in [0, 0.1) is 0 Å². The minimum atomic E-state index is -0.319. The van der Waals surface area contributed by atoms with Gasteiger partial charge in [0.1, 0.15) is 0 Å². The van der Waals surface area contributed by atoms with E-state index in [1.54, 1.807) is 0 Å². The second-order valence-corrected chi connectivity index (χ2v) is 6.46. The number of hydrogen-bond acceptors (Lipinski definition) is 5. The number of thioether (sulfide) groups is 1. The van der Waals surface area contributed by atoms with Gasteiger partial charge in [0.05, 0.1) is 5.25 Å². The van der Waals surface area contributed by atoms with Crippen LogP contribution in [0.5, 0.6) is 0 Å². The monoisotopic (exact) mass is 319 g/mol. The molecule has 0 spiro atoms. The molecule has 0 bridgehead atoms. The molecular formula is C15H21N5OS. The van der Waals surface area contributed by atoms with Gasteiger partial charge in [-0.1, -0.05) is 43.8 Å². The van der Waals surface area contributed by atoms with Crippen LogP contribution < -0.4 is 11.1 Å². The molecule has 1 aromatic heterocycles. The van der Waals surface area contributed by atoms with E-state index in [-0.39, 0.29) is 17.1 Å². The summed E-state index contributed by atoms with van der Waals surface area (Å²) >= 11 is 1.27. The maximum absolute atomic E-state index is 12.4. The summed E-state index contributed by atoms with van der Waals surface area (Å²) in [6.45, 7) is 6.10. The Labute approximate surface area is 134 Å². The average Bonchev–Trinajstić information content (AvgIpc) is 2.92. The van der Waals surface area contributed by atoms with Crippen molar-refractivity contribution in [1.82, 2.24) is 15.2 Å². The highest BCUT2D eigenvalue weighted by Gasteiger charge is 2.18. The number of H-pyrrole nitrogens is 1. The minimum absolute atomic E-state index is 0.0795. The minimum Gasteiger partial charge on any atom is -0.368 e. The highest BCUT2D eigenvalue weighted by Crippen LogP contribution is 2.28. The molecule has 2 rings (SSSR count). The molecule has 118 valence electrons. The number of carbonyl (C=O) groups excluding carboxylic acids is 1. The van der Waals surface area contributed by atoms with Crippen LogP contribution in [0.2, 0.25) is 0 Å². The van der Waals surface area contributed by atoms with Gasteiger partial charge < -0.3 is 11.1 Å². The first kappa shape index (κ1) is 16.4. The van der Waals surface area contributed by atoms with Gasteiger partial charge in [-0.25, -0.2) is 5.10 Å². The summed E-state index contributed by atoms with van der Waals surface area (Å²) in [6, 6.07) is 7.90. The third-order valence-corrected chi connectivity index (χ3v) is 4.46. The Morgan fingerprint density at radius 2 is 2.14 bits per heavy atom. The Balaban J connectivity index is 2.05. The maximum Gasteiger partial charge on any atom is 0.237 e. The maximum atomic E-state index is 12.4. The fourth-order valence-corrected chi connectivity index (χ4v) is 2.75. The number of carbonyl (C=O) groups is 1. The van der Waals surface area contributed by atoms with Crippen molar-refractivity contribution in [3.05, 3.63) is 29.8 Å². The van der Waals surface area contributed by atoms with E-state index in [0.29, 0.717) is 11.1 Å². The molecule has 6 nitrogen and oxygen atoms in total. The zero-order chi connectivity index (χ0) is 16.1. The van der Waals surface area contributed by atoms with Crippen molar-refractivity contribution < 1.29 is 4.79 Å². The van der Waals surface area contributed by atoms with E-state index in [1.165, 1.54) is 11.8 Å². The number of nitrogens with two attached hydrogens (primary N) is 1. The molecule has 22 heavy (non-hydrogen) atoms. The van der Waals surface area contributed by atoms with Crippen LogP contribution in [-0.4, -0.2) is 26.3 Å². The van der Waals surface area contributed by atoms with Crippen molar-refractivity contribution in [2.24, 2.45) is 0 Å². The molecule has 0 radical (unpaired) electrons. The van der Waals surface area contributed by atoms with E-state index in [9.17, 15) is 4.79 Å². The number of nitrogen functional groups attached to an aromatic ring is 1. The van der Waals surface area contributed by atoms with Crippen LogP contribution in [0.15, 0.2) is 29.4 Å². The van der Waals surface area contributed by atoms with Gasteiger partial charge in [-0.3, -0.25) is 4.79 Å². The topological polar surface area (TPSA) is 96.7 Å². The Bertz CT molecular complexity index is 642. The van der Waals surface area contributed by atoms with E-state index in [4.69, 9.17) is 5.73 Å². The third-order valence-electron chi connectivity index (χ3n) is 3.50. The summed E-state index contributed by atoms with van der Waals surface area (Å²) in [7, 11) is 0. The van der Waals surface area contributed by atoms with Gasteiger partial charge in [-0.15, -0.1) is 5.10 Å². The number of aromatic nitrogens is 3. The van der Waals surface area contributed by atoms with Crippen LogP contribution in [0.1, 0.15) is 38.7 Å². The van der Waals surface area contributed by atoms with Crippen LogP contribution in [0.3, 0.4) is 0 Å². The summed E-state index contributed by atoms with van der Waals surface area (Å²) in [5, 5.41) is 9.63. The summed E-state index contributed by atoms with van der Waals surface area (Å²) < 4.78 is 0. The molecular weight excluding hydrogens is 298 g/mol. The smallest absolute Gasteiger partial charge is 0.237 e. The highest BCUT2D eigenvalue weighted by atomic mass is 32.2. The standard InChI is InChI=1S/C15H21N5OS/c1-4-9(2)11-7-5-6-8-12(11)17-13(21)10(3)22-15-18-14(16)19-20-15/h5-10H,4H2,1-3H3,(H,17,21)(H3,16,18,19,20)/t9-,10+/m1/s1. The number of nitrogens with one attached hydrogen (secondary N) is 2. The first-order valence-electron chi connectivity index (χ1n) is 7.25. The average molecular weight is 319 g/mol. The van der Waals surface area contributed by atoms with Gasteiger partial charge in [0.2, 0.25) is 17.0 Å². The Morgan fingerprint density at radius 1 is 1.41 bits per heavy atom. The van der Waals surface area contributed by atoms with Crippen molar-refractivity contribution in [3.63, 3.8) is 0 Å². The molecule has 0 aliphatic rings. The predicted octanol–water partition coefficient (Wildman–Crippen LogP) is 3.02. The molecule has 0 aliphatic carbocycles. The van der Waals surface area contributed by atoms with Gasteiger partial charge in [-0.2, -0.15) is 4.98 Å². The lowest BCUT2D eigenvalue weighted by atomic mass is 9.97. The van der Waals surface area contributed by atoms with Crippen molar-refractivity contribution in [2.45, 2.75) is 43.5 Å². The number of benzene rings is 1. The fourth-order valence-electron chi connectivity index (χ4n) is 2.02. The van der Waals surface area contributed by atoms with E-state index in [2.05, 4.69) is 40.4 Å². The molecule has 0 saturated carbocycles. The number of hydrogen-bond donors (Lipinski definition) is 3. The molecule has 0 fully saturated rings. The van der Waals surface area contributed by atoms with Gasteiger partial charge >= 0.3 is 0 Å². The third kappa shape index (κ3) is 4.00. The highest BCUT2D eigenvalue weighted by molar-refractivity contribution is 8.00. The van der Waals surface area contributed by atoms with Gasteiger partial charge in [0.15, 0.2) is 0 Å². The molecule has 2 aromatic rings. The second kappa shape index (κ2) is 7.31. The molecule has 1 heterocycles. The number of nitrogens with zero attached hydrogens (tertiary/aromatic N) is 2. The van der Waals surface area contributed by atoms with Crippen molar-refractivity contribution in [2.75, 3.05) is 11.1 Å². The quantitative estimate of drug-likeness (QED) is 0.711. The van der Waals surface area contributed by atoms with Crippen molar-refractivity contribution in [1.29, 1.82) is 0 Å². The molecule has 0 saturated heterocycles. The molecule has 4 N–H and O–H groups in total. The molecule has 7 heteroatoms. The van der Waals surface area contributed by atoms with E-state index in [0.717, 1.165) is 17.7 Å². The van der Waals surface area contributed by atoms with Gasteiger partial charge in [-0.05, 0) is 30.9 Å². The van der Waals surface area contributed by atoms with E-state index < -0.39 is 0 Å². The van der Waals surface area contributed by atoms with Gasteiger partial charge in [0.25, 0.3) is 0 Å². The van der Waals surface area contributed by atoms with Crippen molar-refractivity contribution >= 4 is 29.3 Å². The van der Waals surface area contributed by atoms with E-state index >= 15 is 0 Å². The second-order valence-electron chi connectivity index (χ2n) is 5.15. The molecule has 1 amide bonds.